The minimum Gasteiger partial charge on any atom is -0.299 e. The van der Waals surface area contributed by atoms with Crippen molar-refractivity contribution in [3.05, 3.63) is 0 Å². The van der Waals surface area contributed by atoms with Crippen LogP contribution in [0.15, 0.2) is 0 Å². The van der Waals surface area contributed by atoms with E-state index in [1.807, 2.05) is 0 Å². The van der Waals surface area contributed by atoms with E-state index in [-0.39, 0.29) is 29.8 Å². The second-order valence-electron chi connectivity index (χ2n) is 4.72. The predicted octanol–water partition coefficient (Wildman–Crippen LogP) is 2.51. The topological polar surface area (TPSA) is 34.1 Å². The van der Waals surface area contributed by atoms with E-state index < -0.39 is 0 Å². The Morgan fingerprint density at radius 3 is 1.57 bits per heavy atom. The average Bonchev–Trinajstić information content (AvgIpc) is 2.51. The fourth-order valence-corrected chi connectivity index (χ4v) is 2.44. The van der Waals surface area contributed by atoms with Crippen LogP contribution in [0.4, 0.5) is 0 Å². The Kier molecular flexibility index (Phi) is 2.99. The molecule has 2 fully saturated rings. The van der Waals surface area contributed by atoms with Gasteiger partial charge in [0, 0.05) is 11.8 Å². The van der Waals surface area contributed by atoms with Crippen LogP contribution in [-0.4, -0.2) is 11.6 Å². The number of Topliss-reactive ketones (excluding diaryl/α,β-unsaturated/α-hetero) is 2. The van der Waals surface area contributed by atoms with Crippen LogP contribution >= 0.6 is 0 Å². The van der Waals surface area contributed by atoms with Gasteiger partial charge in [-0.1, -0.05) is 19.3 Å². The highest BCUT2D eigenvalue weighted by Gasteiger charge is 2.30. The third kappa shape index (κ3) is 2.05. The molecular formula is C12H18O2. The fraction of sp³-hybridized carbons (Fsp3) is 0.833. The van der Waals surface area contributed by atoms with Crippen LogP contribution in [-0.2, 0) is 9.59 Å². The first-order valence-electron chi connectivity index (χ1n) is 5.83. The summed E-state index contributed by atoms with van der Waals surface area (Å²) >= 11 is 0. The molecule has 2 rings (SSSR count). The lowest BCUT2D eigenvalue weighted by Gasteiger charge is -2.23. The molecule has 2 aliphatic carbocycles. The van der Waals surface area contributed by atoms with Gasteiger partial charge in [0.15, 0.2) is 0 Å². The zero-order valence-corrected chi connectivity index (χ0v) is 8.63. The molecule has 0 spiro atoms. The van der Waals surface area contributed by atoms with Gasteiger partial charge in [-0.3, -0.25) is 9.59 Å². The number of hydrogen-bond acceptors (Lipinski definition) is 2. The van der Waals surface area contributed by atoms with Crippen molar-refractivity contribution in [3.8, 4) is 0 Å². The standard InChI is InChI=1S/C12H18O2/c13-11(9-4-1-2-5-9)8-12(14)10-6-3-7-10/h9-10H,1-8H2. The Morgan fingerprint density at radius 1 is 0.786 bits per heavy atom. The highest BCUT2D eigenvalue weighted by molar-refractivity contribution is 6.01. The Bertz CT molecular complexity index is 235. The molecule has 0 bridgehead atoms. The Balaban J connectivity index is 1.78. The normalized spacial score (nSPS) is 23.4. The third-order valence-corrected chi connectivity index (χ3v) is 3.72. The molecule has 0 amide bonds. The summed E-state index contributed by atoms with van der Waals surface area (Å²) < 4.78 is 0. The second kappa shape index (κ2) is 4.24. The van der Waals surface area contributed by atoms with Gasteiger partial charge >= 0.3 is 0 Å². The van der Waals surface area contributed by atoms with Crippen molar-refractivity contribution in [1.29, 1.82) is 0 Å². The second-order valence-corrected chi connectivity index (χ2v) is 4.72. The smallest absolute Gasteiger partial charge is 0.143 e. The van der Waals surface area contributed by atoms with Crippen LogP contribution in [0.25, 0.3) is 0 Å². The first kappa shape index (κ1) is 9.88. The van der Waals surface area contributed by atoms with Crippen molar-refractivity contribution >= 4 is 11.6 Å². The summed E-state index contributed by atoms with van der Waals surface area (Å²) in [4.78, 5) is 23.3. The van der Waals surface area contributed by atoms with E-state index in [1.54, 1.807) is 0 Å². The van der Waals surface area contributed by atoms with Crippen LogP contribution in [0.3, 0.4) is 0 Å². The van der Waals surface area contributed by atoms with Crippen molar-refractivity contribution in [2.24, 2.45) is 11.8 Å². The zero-order valence-electron chi connectivity index (χ0n) is 8.63. The quantitative estimate of drug-likeness (QED) is 0.644. The molecule has 14 heavy (non-hydrogen) atoms. The molecule has 0 atom stereocenters. The van der Waals surface area contributed by atoms with Gasteiger partial charge in [-0.25, -0.2) is 0 Å². The number of carbonyl (C=O) groups is 2. The summed E-state index contributed by atoms with van der Waals surface area (Å²) in [5.74, 6) is 0.895. The summed E-state index contributed by atoms with van der Waals surface area (Å²) in [6.07, 6.45) is 7.85. The molecule has 0 aromatic rings. The van der Waals surface area contributed by atoms with E-state index in [0.717, 1.165) is 25.7 Å². The van der Waals surface area contributed by atoms with Crippen molar-refractivity contribution in [3.63, 3.8) is 0 Å². The lowest BCUT2D eigenvalue weighted by atomic mass is 9.80. The molecule has 2 heteroatoms. The van der Waals surface area contributed by atoms with Crippen molar-refractivity contribution < 1.29 is 9.59 Å². The Hall–Kier alpha value is -0.660. The summed E-state index contributed by atoms with van der Waals surface area (Å²) in [5.41, 5.74) is 0. The van der Waals surface area contributed by atoms with E-state index in [4.69, 9.17) is 0 Å². The average molecular weight is 194 g/mol. The SMILES string of the molecule is O=C(CC(=O)C1CCC1)C1CCCC1. The van der Waals surface area contributed by atoms with Crippen LogP contribution in [0.1, 0.15) is 51.4 Å². The fourth-order valence-electron chi connectivity index (χ4n) is 2.44. The van der Waals surface area contributed by atoms with Crippen molar-refractivity contribution in [1.82, 2.24) is 0 Å². The monoisotopic (exact) mass is 194 g/mol. The number of hydrogen-bond donors (Lipinski definition) is 0. The largest absolute Gasteiger partial charge is 0.299 e. The molecule has 2 nitrogen and oxygen atoms in total. The van der Waals surface area contributed by atoms with Crippen LogP contribution < -0.4 is 0 Å². The molecule has 78 valence electrons. The van der Waals surface area contributed by atoms with Crippen LogP contribution in [0.5, 0.6) is 0 Å². The minimum atomic E-state index is 0.216. The number of carbonyl (C=O) groups excluding carboxylic acids is 2. The molecule has 0 aliphatic heterocycles. The van der Waals surface area contributed by atoms with Crippen LogP contribution in [0.2, 0.25) is 0 Å². The molecule has 0 saturated heterocycles. The molecule has 2 saturated carbocycles. The van der Waals surface area contributed by atoms with Gasteiger partial charge in [-0.2, -0.15) is 0 Å². The highest BCUT2D eigenvalue weighted by atomic mass is 16.1. The molecular weight excluding hydrogens is 176 g/mol. The molecule has 2 aliphatic rings. The van der Waals surface area contributed by atoms with Gasteiger partial charge < -0.3 is 0 Å². The first-order chi connectivity index (χ1) is 6.77. The zero-order chi connectivity index (χ0) is 9.97. The van der Waals surface area contributed by atoms with E-state index in [2.05, 4.69) is 0 Å². The third-order valence-electron chi connectivity index (χ3n) is 3.72. The van der Waals surface area contributed by atoms with Gasteiger partial charge in [0.05, 0.1) is 6.42 Å². The molecule has 0 aromatic carbocycles. The van der Waals surface area contributed by atoms with Gasteiger partial charge in [-0.05, 0) is 25.7 Å². The molecule has 0 heterocycles. The number of rotatable bonds is 4. The maximum absolute atomic E-state index is 11.7. The molecule has 0 aromatic heterocycles. The number of ketones is 2. The minimum absolute atomic E-state index is 0.216. The van der Waals surface area contributed by atoms with Crippen molar-refractivity contribution in [2.45, 2.75) is 51.4 Å². The van der Waals surface area contributed by atoms with E-state index >= 15 is 0 Å². The lowest BCUT2D eigenvalue weighted by molar-refractivity contribution is -0.132. The van der Waals surface area contributed by atoms with Gasteiger partial charge in [0.2, 0.25) is 0 Å². The summed E-state index contributed by atoms with van der Waals surface area (Å²) in [6, 6.07) is 0. The Morgan fingerprint density at radius 2 is 1.21 bits per heavy atom. The lowest BCUT2D eigenvalue weighted by Crippen LogP contribution is -2.26. The van der Waals surface area contributed by atoms with E-state index in [1.165, 1.54) is 19.3 Å². The summed E-state index contributed by atoms with van der Waals surface area (Å²) in [7, 11) is 0. The summed E-state index contributed by atoms with van der Waals surface area (Å²) in [6.45, 7) is 0. The highest BCUT2D eigenvalue weighted by Crippen LogP contribution is 2.31. The predicted molar refractivity (Wildman–Crippen MR) is 53.9 cm³/mol. The van der Waals surface area contributed by atoms with Crippen molar-refractivity contribution in [2.75, 3.05) is 0 Å². The molecule has 0 unspecified atom stereocenters. The Labute approximate surface area is 85.1 Å². The molecule has 0 N–H and O–H groups in total. The summed E-state index contributed by atoms with van der Waals surface area (Å²) in [5, 5.41) is 0. The van der Waals surface area contributed by atoms with E-state index in [9.17, 15) is 9.59 Å². The van der Waals surface area contributed by atoms with E-state index in [0.29, 0.717) is 0 Å². The maximum atomic E-state index is 11.7. The van der Waals surface area contributed by atoms with Gasteiger partial charge in [0.1, 0.15) is 11.6 Å². The first-order valence-corrected chi connectivity index (χ1v) is 5.83. The van der Waals surface area contributed by atoms with Gasteiger partial charge in [-0.15, -0.1) is 0 Å². The van der Waals surface area contributed by atoms with Crippen LogP contribution in [0, 0.1) is 11.8 Å². The maximum Gasteiger partial charge on any atom is 0.143 e. The van der Waals surface area contributed by atoms with Gasteiger partial charge in [0.25, 0.3) is 0 Å². The molecule has 0 radical (unpaired) electrons.